The fourth-order valence-corrected chi connectivity index (χ4v) is 2.82. The summed E-state index contributed by atoms with van der Waals surface area (Å²) in [4.78, 5) is 9.26. The molecule has 5 heteroatoms. The van der Waals surface area contributed by atoms with Crippen molar-refractivity contribution in [2.45, 2.75) is 0 Å². The fourth-order valence-electron chi connectivity index (χ4n) is 2.65. The number of aromatic nitrogens is 2. The van der Waals surface area contributed by atoms with Gasteiger partial charge in [-0.05, 0) is 42.5 Å². The number of nitrogens with zero attached hydrogens (tertiary/aromatic N) is 2. The number of anilines is 2. The van der Waals surface area contributed by atoms with E-state index in [4.69, 9.17) is 11.6 Å². The number of phenols is 1. The fraction of sp³-hybridized carbons (Fsp3) is 0. The molecular weight excluding hydrogens is 334 g/mol. The van der Waals surface area contributed by atoms with Crippen LogP contribution in [-0.4, -0.2) is 15.1 Å². The van der Waals surface area contributed by atoms with Crippen LogP contribution in [0.2, 0.25) is 5.02 Å². The summed E-state index contributed by atoms with van der Waals surface area (Å²) in [5, 5.41) is 14.1. The molecule has 4 aromatic rings. The maximum atomic E-state index is 9.41. The lowest BCUT2D eigenvalue weighted by Gasteiger charge is -2.11. The van der Waals surface area contributed by atoms with Gasteiger partial charge in [-0.1, -0.05) is 41.9 Å². The highest BCUT2D eigenvalue weighted by atomic mass is 35.5. The molecule has 0 saturated carbocycles. The molecule has 4 nitrogen and oxygen atoms in total. The van der Waals surface area contributed by atoms with Gasteiger partial charge in [0.15, 0.2) is 0 Å². The minimum atomic E-state index is 0.213. The molecule has 0 aliphatic rings. The van der Waals surface area contributed by atoms with Crippen molar-refractivity contribution in [3.8, 4) is 17.0 Å². The van der Waals surface area contributed by atoms with E-state index in [-0.39, 0.29) is 5.75 Å². The molecule has 0 unspecified atom stereocenters. The summed E-state index contributed by atoms with van der Waals surface area (Å²) in [6.07, 6.45) is 0. The zero-order valence-corrected chi connectivity index (χ0v) is 13.9. The number of halogens is 1. The maximum Gasteiger partial charge on any atom is 0.228 e. The molecule has 1 aromatic heterocycles. The van der Waals surface area contributed by atoms with Crippen LogP contribution in [0, 0.1) is 0 Å². The number of phenolic OH excluding ortho intramolecular Hbond substituents is 1. The highest BCUT2D eigenvalue weighted by Gasteiger charge is 2.10. The minimum Gasteiger partial charge on any atom is -0.508 e. The van der Waals surface area contributed by atoms with Crippen molar-refractivity contribution in [3.05, 3.63) is 77.8 Å². The second-order valence-corrected chi connectivity index (χ2v) is 6.03. The van der Waals surface area contributed by atoms with Gasteiger partial charge in [-0.15, -0.1) is 0 Å². The van der Waals surface area contributed by atoms with Crippen LogP contribution in [0.1, 0.15) is 0 Å². The molecule has 0 spiro atoms. The average Bonchev–Trinajstić information content (AvgIpc) is 2.64. The molecule has 0 atom stereocenters. The Kier molecular flexibility index (Phi) is 3.96. The predicted octanol–water partition coefficient (Wildman–Crippen LogP) is 5.40. The Morgan fingerprint density at radius 2 is 1.60 bits per heavy atom. The van der Waals surface area contributed by atoms with E-state index in [9.17, 15) is 5.11 Å². The molecule has 25 heavy (non-hydrogen) atoms. The van der Waals surface area contributed by atoms with Gasteiger partial charge in [0.1, 0.15) is 5.75 Å². The Morgan fingerprint density at radius 3 is 2.36 bits per heavy atom. The molecule has 2 N–H and O–H groups in total. The smallest absolute Gasteiger partial charge is 0.228 e. The van der Waals surface area contributed by atoms with Gasteiger partial charge in [0, 0.05) is 21.7 Å². The first-order valence-electron chi connectivity index (χ1n) is 7.78. The van der Waals surface area contributed by atoms with E-state index in [0.717, 1.165) is 27.8 Å². The number of hydrogen-bond acceptors (Lipinski definition) is 4. The third-order valence-corrected chi connectivity index (χ3v) is 4.06. The van der Waals surface area contributed by atoms with Crippen molar-refractivity contribution >= 4 is 34.1 Å². The maximum absolute atomic E-state index is 9.41. The molecule has 0 fully saturated rings. The molecule has 0 saturated heterocycles. The number of hydrogen-bond donors (Lipinski definition) is 2. The summed E-state index contributed by atoms with van der Waals surface area (Å²) in [6.45, 7) is 0. The largest absolute Gasteiger partial charge is 0.508 e. The van der Waals surface area contributed by atoms with Crippen LogP contribution < -0.4 is 5.32 Å². The Hall–Kier alpha value is -3.11. The van der Waals surface area contributed by atoms with Crippen LogP contribution in [-0.2, 0) is 0 Å². The first kappa shape index (κ1) is 15.4. The van der Waals surface area contributed by atoms with Crippen molar-refractivity contribution in [1.29, 1.82) is 0 Å². The lowest BCUT2D eigenvalue weighted by molar-refractivity contribution is 0.475. The van der Waals surface area contributed by atoms with Crippen LogP contribution >= 0.6 is 11.6 Å². The standard InChI is InChI=1S/C20H14ClN3O/c21-14-6-11-18-17(12-14)19(13-4-2-1-3-5-13)24-20(23-18)22-15-7-9-16(25)10-8-15/h1-12,25H,(H,22,23,24). The first-order chi connectivity index (χ1) is 12.2. The van der Waals surface area contributed by atoms with Gasteiger partial charge >= 0.3 is 0 Å². The zero-order chi connectivity index (χ0) is 17.2. The quantitative estimate of drug-likeness (QED) is 0.487. The Labute approximate surface area is 149 Å². The molecular formula is C20H14ClN3O. The molecule has 0 radical (unpaired) electrons. The van der Waals surface area contributed by atoms with Crippen molar-refractivity contribution in [2.24, 2.45) is 0 Å². The van der Waals surface area contributed by atoms with Crippen molar-refractivity contribution in [3.63, 3.8) is 0 Å². The van der Waals surface area contributed by atoms with Crippen LogP contribution in [0.15, 0.2) is 72.8 Å². The molecule has 4 rings (SSSR count). The molecule has 0 bridgehead atoms. The van der Waals surface area contributed by atoms with Gasteiger partial charge in [0.2, 0.25) is 5.95 Å². The van der Waals surface area contributed by atoms with Crippen LogP contribution in [0.25, 0.3) is 22.2 Å². The van der Waals surface area contributed by atoms with E-state index in [1.165, 1.54) is 0 Å². The van der Waals surface area contributed by atoms with Crippen molar-refractivity contribution in [1.82, 2.24) is 9.97 Å². The summed E-state index contributed by atoms with van der Waals surface area (Å²) in [5.74, 6) is 0.698. The molecule has 1 heterocycles. The lowest BCUT2D eigenvalue weighted by atomic mass is 10.1. The Balaban J connectivity index is 1.86. The summed E-state index contributed by atoms with van der Waals surface area (Å²) in [5.41, 5.74) is 3.41. The molecule has 0 amide bonds. The summed E-state index contributed by atoms with van der Waals surface area (Å²) in [6, 6.07) is 22.3. The monoisotopic (exact) mass is 347 g/mol. The topological polar surface area (TPSA) is 58.0 Å². The SMILES string of the molecule is Oc1ccc(Nc2nc(-c3ccccc3)c3cc(Cl)ccc3n2)cc1. The van der Waals surface area contributed by atoms with E-state index in [0.29, 0.717) is 11.0 Å². The van der Waals surface area contributed by atoms with E-state index < -0.39 is 0 Å². The van der Waals surface area contributed by atoms with E-state index in [2.05, 4.69) is 15.3 Å². The second-order valence-electron chi connectivity index (χ2n) is 5.60. The molecule has 122 valence electrons. The summed E-state index contributed by atoms with van der Waals surface area (Å²) >= 11 is 6.17. The Morgan fingerprint density at radius 1 is 0.840 bits per heavy atom. The van der Waals surface area contributed by atoms with Crippen molar-refractivity contribution in [2.75, 3.05) is 5.32 Å². The number of rotatable bonds is 3. The zero-order valence-electron chi connectivity index (χ0n) is 13.1. The van der Waals surface area contributed by atoms with Crippen molar-refractivity contribution < 1.29 is 5.11 Å². The molecule has 3 aromatic carbocycles. The molecule has 0 aliphatic carbocycles. The second kappa shape index (κ2) is 6.42. The average molecular weight is 348 g/mol. The number of nitrogens with one attached hydrogen (secondary N) is 1. The third-order valence-electron chi connectivity index (χ3n) is 3.83. The van der Waals surface area contributed by atoms with Crippen LogP contribution in [0.5, 0.6) is 5.75 Å². The third kappa shape index (κ3) is 3.25. The highest BCUT2D eigenvalue weighted by Crippen LogP contribution is 2.30. The number of benzene rings is 3. The van der Waals surface area contributed by atoms with E-state index in [1.54, 1.807) is 24.3 Å². The van der Waals surface area contributed by atoms with Gasteiger partial charge in [-0.2, -0.15) is 0 Å². The van der Waals surface area contributed by atoms with E-state index >= 15 is 0 Å². The number of fused-ring (bicyclic) bond motifs is 1. The van der Waals surface area contributed by atoms with Crippen LogP contribution in [0.4, 0.5) is 11.6 Å². The normalized spacial score (nSPS) is 10.8. The predicted molar refractivity (Wildman–Crippen MR) is 101 cm³/mol. The van der Waals surface area contributed by atoms with Gasteiger partial charge in [0.05, 0.1) is 11.2 Å². The van der Waals surface area contributed by atoms with Gasteiger partial charge in [-0.3, -0.25) is 0 Å². The van der Waals surface area contributed by atoms with E-state index in [1.807, 2.05) is 48.5 Å². The molecule has 0 aliphatic heterocycles. The Bertz CT molecular complexity index is 1030. The minimum absolute atomic E-state index is 0.213. The number of aromatic hydroxyl groups is 1. The van der Waals surface area contributed by atoms with Gasteiger partial charge in [-0.25, -0.2) is 9.97 Å². The summed E-state index contributed by atoms with van der Waals surface area (Å²) < 4.78 is 0. The van der Waals surface area contributed by atoms with Gasteiger partial charge < -0.3 is 10.4 Å². The lowest BCUT2D eigenvalue weighted by Crippen LogP contribution is -1.99. The summed E-state index contributed by atoms with van der Waals surface area (Å²) in [7, 11) is 0. The first-order valence-corrected chi connectivity index (χ1v) is 8.16. The highest BCUT2D eigenvalue weighted by molar-refractivity contribution is 6.31. The van der Waals surface area contributed by atoms with Gasteiger partial charge in [0.25, 0.3) is 0 Å². The van der Waals surface area contributed by atoms with Crippen LogP contribution in [0.3, 0.4) is 0 Å².